The summed E-state index contributed by atoms with van der Waals surface area (Å²) in [6.45, 7) is 8.67. The molecule has 0 saturated carbocycles. The summed E-state index contributed by atoms with van der Waals surface area (Å²) in [7, 11) is 0. The van der Waals surface area contributed by atoms with Crippen LogP contribution in [0, 0.1) is 0 Å². The van der Waals surface area contributed by atoms with E-state index in [0.717, 1.165) is 60.2 Å². The first kappa shape index (κ1) is 35.7. The van der Waals surface area contributed by atoms with Gasteiger partial charge in [-0.15, -0.1) is 0 Å². The van der Waals surface area contributed by atoms with Gasteiger partial charge >= 0.3 is 0 Å². The first-order chi connectivity index (χ1) is 29.5. The van der Waals surface area contributed by atoms with Gasteiger partial charge in [0.1, 0.15) is 0 Å². The molecular weight excluding hydrogens is 729 g/mol. The Morgan fingerprint density at radius 2 is 0.900 bits per heavy atom. The van der Waals surface area contributed by atoms with Gasteiger partial charge in [-0.05, 0) is 90.5 Å². The number of aromatic nitrogens is 4. The number of hydrogen-bond donors (Lipinski definition) is 0. The molecule has 0 bridgehead atoms. The third-order valence-corrected chi connectivity index (χ3v) is 12.4. The van der Waals surface area contributed by atoms with Crippen LogP contribution in [0.2, 0.25) is 0 Å². The van der Waals surface area contributed by atoms with Gasteiger partial charge in [0.05, 0.1) is 11.0 Å². The quantitative estimate of drug-likeness (QED) is 0.179. The van der Waals surface area contributed by atoms with Crippen LogP contribution in [0.5, 0.6) is 0 Å². The average Bonchev–Trinajstić information content (AvgIpc) is 3.75. The maximum Gasteiger partial charge on any atom is 0.238 e. The van der Waals surface area contributed by atoms with E-state index in [1.54, 1.807) is 0 Å². The number of benzene rings is 9. The van der Waals surface area contributed by atoms with E-state index in [-0.39, 0.29) is 5.41 Å². The molecule has 9 aromatic carbocycles. The Bertz CT molecular complexity index is 3400. The lowest BCUT2D eigenvalue weighted by Gasteiger charge is -2.21. The minimum atomic E-state index is -0.0747. The van der Waals surface area contributed by atoms with Crippen LogP contribution in [0.15, 0.2) is 182 Å². The van der Waals surface area contributed by atoms with Crippen LogP contribution in [0.1, 0.15) is 38.8 Å². The van der Waals surface area contributed by atoms with E-state index in [9.17, 15) is 0 Å². The summed E-state index contributed by atoms with van der Waals surface area (Å²) in [5, 5.41) is 9.30. The van der Waals surface area contributed by atoms with Crippen molar-refractivity contribution in [3.63, 3.8) is 0 Å². The number of para-hydroxylation sites is 1. The highest BCUT2D eigenvalue weighted by Gasteiger charge is 2.35. The summed E-state index contributed by atoms with van der Waals surface area (Å²) in [6.07, 6.45) is 0. The van der Waals surface area contributed by atoms with E-state index >= 15 is 0 Å². The van der Waals surface area contributed by atoms with Crippen LogP contribution in [0.3, 0.4) is 0 Å². The molecule has 0 N–H and O–H groups in total. The van der Waals surface area contributed by atoms with Crippen molar-refractivity contribution in [2.75, 3.05) is 0 Å². The standard InChI is InChI=1S/C54H36N4.C2H6/c1-54(2)47-21-10-9-18-43(47)45-31-39(26-27-48(45)54)42-19-11-20-44-46-30-37-16-7-8-17-38(37)32-49(46)58(50(42)44)53-56-51(40-24-22-33-12-3-5-14-35(33)28-40)55-52(57-53)41-25-23-34-13-4-6-15-36(34)29-41;1-2/h3-32H,1-2H3;1-2H3. The zero-order valence-corrected chi connectivity index (χ0v) is 34.1. The number of fused-ring (bicyclic) bond motifs is 9. The van der Waals surface area contributed by atoms with Gasteiger partial charge in [-0.1, -0.05) is 179 Å². The van der Waals surface area contributed by atoms with Crippen molar-refractivity contribution >= 4 is 54.1 Å². The van der Waals surface area contributed by atoms with Crippen molar-refractivity contribution < 1.29 is 0 Å². The minimum absolute atomic E-state index is 0.0747. The molecule has 0 atom stereocenters. The Kier molecular flexibility index (Phi) is 8.25. The molecule has 0 fully saturated rings. The van der Waals surface area contributed by atoms with E-state index in [1.807, 2.05) is 13.8 Å². The summed E-state index contributed by atoms with van der Waals surface area (Å²) in [5.74, 6) is 1.84. The minimum Gasteiger partial charge on any atom is -0.277 e. The Morgan fingerprint density at radius 3 is 1.55 bits per heavy atom. The van der Waals surface area contributed by atoms with Gasteiger partial charge in [0, 0.05) is 32.9 Å². The molecule has 2 heterocycles. The van der Waals surface area contributed by atoms with Crippen LogP contribution in [-0.2, 0) is 5.41 Å². The van der Waals surface area contributed by atoms with Crippen LogP contribution in [0.4, 0.5) is 0 Å². The zero-order chi connectivity index (χ0) is 40.5. The highest BCUT2D eigenvalue weighted by Crippen LogP contribution is 2.50. The SMILES string of the molecule is CC.CC1(C)c2ccccc2-c2cc(-c3cccc4c5cc6ccccc6cc5n(-c5nc(-c6ccc7ccccc7c6)nc(-c6ccc7ccccc7c6)n5)c34)ccc21. The second-order valence-electron chi connectivity index (χ2n) is 16.1. The van der Waals surface area contributed by atoms with E-state index in [0.29, 0.717) is 17.6 Å². The second kappa shape index (κ2) is 13.9. The van der Waals surface area contributed by atoms with E-state index in [1.165, 1.54) is 38.4 Å². The largest absolute Gasteiger partial charge is 0.277 e. The smallest absolute Gasteiger partial charge is 0.238 e. The summed E-state index contributed by atoms with van der Waals surface area (Å²) in [6, 6.07) is 65.6. The van der Waals surface area contributed by atoms with Gasteiger partial charge in [0.2, 0.25) is 5.95 Å². The van der Waals surface area contributed by atoms with Gasteiger partial charge in [-0.25, -0.2) is 4.98 Å². The highest BCUT2D eigenvalue weighted by molar-refractivity contribution is 6.17. The lowest BCUT2D eigenvalue weighted by atomic mass is 9.82. The molecule has 0 spiro atoms. The Hall–Kier alpha value is -7.43. The average molecular weight is 771 g/mol. The van der Waals surface area contributed by atoms with E-state index in [4.69, 9.17) is 15.0 Å². The first-order valence-corrected chi connectivity index (χ1v) is 20.9. The molecular formula is C56H42N4. The van der Waals surface area contributed by atoms with Crippen molar-refractivity contribution in [3.8, 4) is 51.0 Å². The van der Waals surface area contributed by atoms with E-state index < -0.39 is 0 Å². The maximum absolute atomic E-state index is 5.40. The monoisotopic (exact) mass is 770 g/mol. The zero-order valence-electron chi connectivity index (χ0n) is 34.1. The van der Waals surface area contributed by atoms with Crippen LogP contribution in [0.25, 0.3) is 105 Å². The predicted octanol–water partition coefficient (Wildman–Crippen LogP) is 14.8. The molecule has 0 radical (unpaired) electrons. The summed E-state index contributed by atoms with van der Waals surface area (Å²) in [4.78, 5) is 16.0. The second-order valence-corrected chi connectivity index (χ2v) is 16.1. The lowest BCUT2D eigenvalue weighted by Crippen LogP contribution is -2.14. The van der Waals surface area contributed by atoms with Crippen molar-refractivity contribution in [1.29, 1.82) is 0 Å². The van der Waals surface area contributed by atoms with E-state index in [2.05, 4.69) is 200 Å². The van der Waals surface area contributed by atoms with Crippen molar-refractivity contribution in [2.24, 2.45) is 0 Å². The fourth-order valence-electron chi connectivity index (χ4n) is 9.46. The predicted molar refractivity (Wildman–Crippen MR) is 252 cm³/mol. The third kappa shape index (κ3) is 5.55. The maximum atomic E-state index is 5.40. The molecule has 4 heteroatoms. The van der Waals surface area contributed by atoms with Gasteiger partial charge in [-0.3, -0.25) is 4.57 Å². The van der Waals surface area contributed by atoms with Crippen LogP contribution < -0.4 is 0 Å². The van der Waals surface area contributed by atoms with Crippen molar-refractivity contribution in [1.82, 2.24) is 19.5 Å². The fraction of sp³-hybridized carbons (Fsp3) is 0.0893. The normalized spacial score (nSPS) is 12.8. The molecule has 1 aliphatic rings. The van der Waals surface area contributed by atoms with Gasteiger partial charge in [0.15, 0.2) is 11.6 Å². The Morgan fingerprint density at radius 1 is 0.383 bits per heavy atom. The van der Waals surface area contributed by atoms with Gasteiger partial charge in [-0.2, -0.15) is 9.97 Å². The Labute approximate surface area is 349 Å². The summed E-state index contributed by atoms with van der Waals surface area (Å²) >= 11 is 0. The number of hydrogen-bond acceptors (Lipinski definition) is 3. The first-order valence-electron chi connectivity index (χ1n) is 20.9. The molecule has 60 heavy (non-hydrogen) atoms. The molecule has 12 rings (SSSR count). The molecule has 1 aliphatic carbocycles. The van der Waals surface area contributed by atoms with Crippen LogP contribution in [-0.4, -0.2) is 19.5 Å². The third-order valence-electron chi connectivity index (χ3n) is 12.4. The van der Waals surface area contributed by atoms with Crippen molar-refractivity contribution in [2.45, 2.75) is 33.1 Å². The fourth-order valence-corrected chi connectivity index (χ4v) is 9.46. The highest BCUT2D eigenvalue weighted by atomic mass is 15.2. The van der Waals surface area contributed by atoms with Gasteiger partial charge in [0.25, 0.3) is 0 Å². The molecule has 286 valence electrons. The van der Waals surface area contributed by atoms with Crippen LogP contribution >= 0.6 is 0 Å². The molecule has 0 amide bonds. The summed E-state index contributed by atoms with van der Waals surface area (Å²) < 4.78 is 2.29. The lowest BCUT2D eigenvalue weighted by molar-refractivity contribution is 0.660. The molecule has 0 unspecified atom stereocenters. The summed E-state index contributed by atoms with van der Waals surface area (Å²) in [5.41, 5.74) is 11.5. The molecule has 4 nitrogen and oxygen atoms in total. The number of rotatable bonds is 4. The van der Waals surface area contributed by atoms with Gasteiger partial charge < -0.3 is 0 Å². The molecule has 0 saturated heterocycles. The topological polar surface area (TPSA) is 43.6 Å². The van der Waals surface area contributed by atoms with Crippen molar-refractivity contribution in [3.05, 3.63) is 193 Å². The Balaban J connectivity index is 0.00000201. The molecule has 0 aliphatic heterocycles. The number of nitrogens with zero attached hydrogens (tertiary/aromatic N) is 4. The molecule has 2 aromatic heterocycles. The molecule has 11 aromatic rings.